The summed E-state index contributed by atoms with van der Waals surface area (Å²) in [5, 5.41) is 5.75. The standard InChI is InChI=1S/C24H24N6OS/c1-17(28-12-14-29(15-13-28)19-10-6-3-7-11-19)21(18-8-4-2-5-9-18)30-16-25-22-20(24(30)32)23(31)27-26-22/h2-11,16,21H,1,12-15H2,(H2,26,27,31). The second-order valence-electron chi connectivity index (χ2n) is 7.87. The average Bonchev–Trinajstić information content (AvgIpc) is 3.23. The second kappa shape index (κ2) is 8.47. The number of rotatable bonds is 5. The van der Waals surface area contributed by atoms with Crippen LogP contribution in [-0.2, 0) is 0 Å². The highest BCUT2D eigenvalue weighted by Gasteiger charge is 2.26. The predicted molar refractivity (Wildman–Crippen MR) is 129 cm³/mol. The van der Waals surface area contributed by atoms with Gasteiger partial charge >= 0.3 is 0 Å². The lowest BCUT2D eigenvalue weighted by atomic mass is 10.0. The molecule has 3 heterocycles. The van der Waals surface area contributed by atoms with E-state index in [1.165, 1.54) is 5.69 Å². The van der Waals surface area contributed by atoms with E-state index in [1.807, 2.05) is 28.8 Å². The topological polar surface area (TPSA) is 72.9 Å². The Hall–Kier alpha value is -3.65. The van der Waals surface area contributed by atoms with Gasteiger partial charge in [0.25, 0.3) is 5.56 Å². The maximum absolute atomic E-state index is 12.3. The Kier molecular flexibility index (Phi) is 5.36. The van der Waals surface area contributed by atoms with Gasteiger partial charge in [0.1, 0.15) is 16.1 Å². The molecular formula is C24H24N6OS. The van der Waals surface area contributed by atoms with Crippen LogP contribution in [0.15, 0.2) is 84.1 Å². The Morgan fingerprint density at radius 2 is 1.62 bits per heavy atom. The van der Waals surface area contributed by atoms with E-state index >= 15 is 0 Å². The van der Waals surface area contributed by atoms with Crippen LogP contribution in [0.3, 0.4) is 0 Å². The van der Waals surface area contributed by atoms with Crippen LogP contribution in [0.1, 0.15) is 11.6 Å². The first-order valence-electron chi connectivity index (χ1n) is 10.6. The number of nitrogens with one attached hydrogen (secondary N) is 2. The molecule has 5 rings (SSSR count). The molecule has 1 unspecified atom stereocenters. The molecule has 2 N–H and O–H groups in total. The number of piperazine rings is 1. The van der Waals surface area contributed by atoms with Crippen LogP contribution >= 0.6 is 12.2 Å². The van der Waals surface area contributed by atoms with Crippen molar-refractivity contribution in [3.63, 3.8) is 0 Å². The van der Waals surface area contributed by atoms with Gasteiger partial charge in [-0.25, -0.2) is 4.98 Å². The van der Waals surface area contributed by atoms with Crippen molar-refractivity contribution in [2.45, 2.75) is 6.04 Å². The number of aromatic nitrogens is 4. The first-order valence-corrected chi connectivity index (χ1v) is 11.0. The van der Waals surface area contributed by atoms with Gasteiger partial charge in [0.2, 0.25) is 0 Å². The normalized spacial score (nSPS) is 15.1. The highest BCUT2D eigenvalue weighted by molar-refractivity contribution is 7.71. The van der Waals surface area contributed by atoms with E-state index in [2.05, 4.69) is 68.0 Å². The molecule has 32 heavy (non-hydrogen) atoms. The SMILES string of the molecule is C=C(C(c1ccccc1)n1cnc2[nH][nH]c(=O)c2c1=S)N1CCN(c2ccccc2)CC1. The summed E-state index contributed by atoms with van der Waals surface area (Å²) >= 11 is 5.73. The number of H-pyrrole nitrogens is 2. The third kappa shape index (κ3) is 3.62. The molecule has 0 saturated carbocycles. The van der Waals surface area contributed by atoms with Gasteiger partial charge in [0.05, 0.1) is 6.33 Å². The van der Waals surface area contributed by atoms with Crippen LogP contribution < -0.4 is 10.5 Å². The maximum atomic E-state index is 12.3. The minimum atomic E-state index is -0.263. The third-order valence-corrected chi connectivity index (χ3v) is 6.45. The van der Waals surface area contributed by atoms with Crippen LogP contribution in [0.4, 0.5) is 5.69 Å². The molecule has 0 amide bonds. The van der Waals surface area contributed by atoms with Crippen molar-refractivity contribution in [3.8, 4) is 0 Å². The number of nitrogens with zero attached hydrogens (tertiary/aromatic N) is 4. The van der Waals surface area contributed by atoms with Crippen LogP contribution in [0.2, 0.25) is 0 Å². The number of aromatic amines is 2. The van der Waals surface area contributed by atoms with Crippen molar-refractivity contribution in [2.75, 3.05) is 31.1 Å². The monoisotopic (exact) mass is 444 g/mol. The maximum Gasteiger partial charge on any atom is 0.276 e. The van der Waals surface area contributed by atoms with Gasteiger partial charge in [-0.05, 0) is 17.7 Å². The summed E-state index contributed by atoms with van der Waals surface area (Å²) in [6.45, 7) is 8.00. The van der Waals surface area contributed by atoms with Crippen molar-refractivity contribution < 1.29 is 0 Å². The van der Waals surface area contributed by atoms with Crippen LogP contribution in [-0.4, -0.2) is 50.8 Å². The Bertz CT molecular complexity index is 1350. The van der Waals surface area contributed by atoms with E-state index in [9.17, 15) is 4.79 Å². The summed E-state index contributed by atoms with van der Waals surface area (Å²) in [6, 6.07) is 20.3. The summed E-state index contributed by atoms with van der Waals surface area (Å²) < 4.78 is 2.32. The van der Waals surface area contributed by atoms with E-state index < -0.39 is 0 Å². The number of hydrogen-bond donors (Lipinski definition) is 2. The van der Waals surface area contributed by atoms with Gasteiger partial charge in [0, 0.05) is 37.6 Å². The lowest BCUT2D eigenvalue weighted by Gasteiger charge is -2.40. The molecule has 1 saturated heterocycles. The van der Waals surface area contributed by atoms with Gasteiger partial charge in [-0.3, -0.25) is 15.0 Å². The molecule has 2 aromatic carbocycles. The molecule has 8 heteroatoms. The molecule has 0 radical (unpaired) electrons. The second-order valence-corrected chi connectivity index (χ2v) is 8.26. The molecule has 1 fully saturated rings. The smallest absolute Gasteiger partial charge is 0.276 e. The van der Waals surface area contributed by atoms with Crippen LogP contribution in [0.5, 0.6) is 0 Å². The van der Waals surface area contributed by atoms with E-state index in [0.717, 1.165) is 37.4 Å². The third-order valence-electron chi connectivity index (χ3n) is 6.03. The average molecular weight is 445 g/mol. The minimum absolute atomic E-state index is 0.252. The first kappa shape index (κ1) is 20.3. The van der Waals surface area contributed by atoms with Crippen molar-refractivity contribution in [1.29, 1.82) is 0 Å². The molecule has 0 spiro atoms. The van der Waals surface area contributed by atoms with Gasteiger partial charge in [-0.15, -0.1) is 0 Å². The molecular weight excluding hydrogens is 420 g/mol. The number of benzene rings is 2. The zero-order valence-electron chi connectivity index (χ0n) is 17.6. The quantitative estimate of drug-likeness (QED) is 0.459. The lowest BCUT2D eigenvalue weighted by molar-refractivity contribution is 0.294. The molecule has 2 aromatic heterocycles. The van der Waals surface area contributed by atoms with E-state index in [0.29, 0.717) is 15.7 Å². The van der Waals surface area contributed by atoms with Gasteiger partial charge in [-0.1, -0.05) is 67.3 Å². The van der Waals surface area contributed by atoms with Crippen molar-refractivity contribution in [3.05, 3.63) is 99.8 Å². The lowest BCUT2D eigenvalue weighted by Crippen LogP contribution is -2.47. The molecule has 162 valence electrons. The van der Waals surface area contributed by atoms with Crippen LogP contribution in [0.25, 0.3) is 11.0 Å². The fourth-order valence-electron chi connectivity index (χ4n) is 4.34. The summed E-state index contributed by atoms with van der Waals surface area (Å²) in [5.74, 6) is 0. The molecule has 1 aliphatic rings. The summed E-state index contributed by atoms with van der Waals surface area (Å²) in [7, 11) is 0. The summed E-state index contributed by atoms with van der Waals surface area (Å²) in [6.07, 6.45) is 1.69. The van der Waals surface area contributed by atoms with Gasteiger partial charge in [-0.2, -0.15) is 0 Å². The molecule has 1 aliphatic heterocycles. The largest absolute Gasteiger partial charge is 0.370 e. The number of para-hydroxylation sites is 1. The number of fused-ring (bicyclic) bond motifs is 1. The zero-order valence-corrected chi connectivity index (χ0v) is 18.4. The molecule has 7 nitrogen and oxygen atoms in total. The fraction of sp³-hybridized carbons (Fsp3) is 0.208. The van der Waals surface area contributed by atoms with Crippen molar-refractivity contribution in [2.24, 2.45) is 0 Å². The molecule has 0 bridgehead atoms. The Labute approximate surface area is 190 Å². The molecule has 4 aromatic rings. The zero-order chi connectivity index (χ0) is 22.1. The van der Waals surface area contributed by atoms with Gasteiger partial charge in [0.15, 0.2) is 5.65 Å². The summed E-state index contributed by atoms with van der Waals surface area (Å²) in [4.78, 5) is 21.4. The molecule has 1 atom stereocenters. The number of hydrogen-bond acceptors (Lipinski definition) is 5. The highest BCUT2D eigenvalue weighted by Crippen LogP contribution is 2.30. The first-order chi connectivity index (χ1) is 15.6. The fourth-order valence-corrected chi connectivity index (χ4v) is 4.68. The van der Waals surface area contributed by atoms with Crippen LogP contribution in [0, 0.1) is 4.64 Å². The van der Waals surface area contributed by atoms with Crippen molar-refractivity contribution >= 4 is 28.9 Å². The predicted octanol–water partition coefficient (Wildman–Crippen LogP) is 3.71. The number of anilines is 1. The van der Waals surface area contributed by atoms with E-state index in [4.69, 9.17) is 12.2 Å². The van der Waals surface area contributed by atoms with Gasteiger partial charge < -0.3 is 14.4 Å². The van der Waals surface area contributed by atoms with E-state index in [-0.39, 0.29) is 11.6 Å². The highest BCUT2D eigenvalue weighted by atomic mass is 32.1. The van der Waals surface area contributed by atoms with E-state index in [1.54, 1.807) is 6.33 Å². The Morgan fingerprint density at radius 3 is 2.31 bits per heavy atom. The minimum Gasteiger partial charge on any atom is -0.370 e. The number of allylic oxidation sites excluding steroid dienone is 1. The Morgan fingerprint density at radius 1 is 0.969 bits per heavy atom. The van der Waals surface area contributed by atoms with Crippen molar-refractivity contribution in [1.82, 2.24) is 24.6 Å². The molecule has 0 aliphatic carbocycles. The Balaban J connectivity index is 1.48. The summed E-state index contributed by atoms with van der Waals surface area (Å²) in [5.41, 5.74) is 3.42.